The van der Waals surface area contributed by atoms with Gasteiger partial charge in [-0.05, 0) is 72.9 Å². The van der Waals surface area contributed by atoms with Gasteiger partial charge in [-0.1, -0.05) is 71.7 Å². The number of fused-ring (bicyclic) bond motifs is 2. The molecule has 2 amide bonds. The van der Waals surface area contributed by atoms with Crippen molar-refractivity contribution in [2.45, 2.75) is 75.5 Å². The SMILES string of the molecule is COc1cc(-c2cccc(-c3cccc(-c4cc5c(c(OC)c4)[C@H](NC[C@H]4CCC(=O)N4)CC5)c3Cl)c2Cl)cc2c1C(NCC1CCC(=O)N1)CC2. The Hall–Kier alpha value is -4.08. The predicted octanol–water partition coefficient (Wildman–Crippen LogP) is 7.72. The fourth-order valence-corrected chi connectivity index (χ4v) is 9.35. The third-order valence-electron chi connectivity index (χ3n) is 11.3. The number of carbonyl (C=O) groups is 2. The first-order chi connectivity index (χ1) is 25.3. The minimum Gasteiger partial charge on any atom is -0.496 e. The summed E-state index contributed by atoms with van der Waals surface area (Å²) in [4.78, 5) is 23.4. The minimum absolute atomic E-state index is 0.132. The molecule has 4 aromatic rings. The van der Waals surface area contributed by atoms with Gasteiger partial charge in [0.1, 0.15) is 11.5 Å². The Bertz CT molecular complexity index is 1910. The average molecular weight is 740 g/mol. The largest absolute Gasteiger partial charge is 0.496 e. The maximum Gasteiger partial charge on any atom is 0.220 e. The average Bonchev–Trinajstić information content (AvgIpc) is 3.96. The number of methoxy groups -OCH3 is 2. The predicted molar refractivity (Wildman–Crippen MR) is 206 cm³/mol. The van der Waals surface area contributed by atoms with E-state index in [1.807, 2.05) is 24.3 Å². The van der Waals surface area contributed by atoms with E-state index in [2.05, 4.69) is 57.7 Å². The fraction of sp³-hybridized carbons (Fsp3) is 0.381. The van der Waals surface area contributed by atoms with Crippen molar-refractivity contribution in [2.24, 2.45) is 0 Å². The molecule has 2 aliphatic carbocycles. The number of aryl methyl sites for hydroxylation is 2. The van der Waals surface area contributed by atoms with E-state index >= 15 is 0 Å². The highest BCUT2D eigenvalue weighted by Gasteiger charge is 2.31. The molecule has 2 fully saturated rings. The van der Waals surface area contributed by atoms with E-state index in [0.717, 1.165) is 96.5 Å². The topological polar surface area (TPSA) is 101 Å². The lowest BCUT2D eigenvalue weighted by atomic mass is 9.93. The van der Waals surface area contributed by atoms with Crippen LogP contribution in [0, 0.1) is 0 Å². The Morgan fingerprint density at radius 3 is 1.42 bits per heavy atom. The van der Waals surface area contributed by atoms with Gasteiger partial charge < -0.3 is 30.7 Å². The second-order valence-corrected chi connectivity index (χ2v) is 15.2. The standard InChI is InChI=1S/C42H44Cl2N4O4/c1-51-35-19-25(17-23-9-13-33(39(23)35)45-21-27-11-15-37(49)47-27)29-5-3-7-31(41(29)43)32-8-4-6-30(42(32)44)26-18-24-10-14-34(40(24)36(20-26)52-2)46-22-28-12-16-38(50)48-28/h3-8,17-20,27-28,33-34,45-46H,9-16,21-22H2,1-2H3,(H,47,49)(H,48,50)/t27-,28?,33-,34?/m1/s1. The Morgan fingerprint density at radius 1 is 0.615 bits per heavy atom. The molecule has 2 heterocycles. The third kappa shape index (κ3) is 6.66. The van der Waals surface area contributed by atoms with Gasteiger partial charge in [-0.15, -0.1) is 0 Å². The number of hydrogen-bond donors (Lipinski definition) is 4. The lowest BCUT2D eigenvalue weighted by Crippen LogP contribution is -2.36. The molecule has 0 spiro atoms. The first-order valence-corrected chi connectivity index (χ1v) is 19.1. The maximum absolute atomic E-state index is 11.7. The van der Waals surface area contributed by atoms with Gasteiger partial charge in [-0.3, -0.25) is 9.59 Å². The summed E-state index contributed by atoms with van der Waals surface area (Å²) in [7, 11) is 3.44. The van der Waals surface area contributed by atoms with Crippen molar-refractivity contribution in [1.82, 2.24) is 21.3 Å². The molecule has 4 aromatic carbocycles. The van der Waals surface area contributed by atoms with Crippen LogP contribution in [-0.4, -0.2) is 51.2 Å². The van der Waals surface area contributed by atoms with Crippen molar-refractivity contribution in [1.29, 1.82) is 0 Å². The van der Waals surface area contributed by atoms with Crippen molar-refractivity contribution in [3.63, 3.8) is 0 Å². The van der Waals surface area contributed by atoms with Crippen LogP contribution >= 0.6 is 23.2 Å². The summed E-state index contributed by atoms with van der Waals surface area (Å²) in [6, 6.07) is 21.5. The Kier molecular flexibility index (Phi) is 9.92. The summed E-state index contributed by atoms with van der Waals surface area (Å²) in [5.41, 5.74) is 10.4. The zero-order valence-electron chi connectivity index (χ0n) is 29.5. The highest BCUT2D eigenvalue weighted by atomic mass is 35.5. The second kappa shape index (κ2) is 14.7. The van der Waals surface area contributed by atoms with Gasteiger partial charge in [-0.25, -0.2) is 0 Å². The van der Waals surface area contributed by atoms with Crippen molar-refractivity contribution in [2.75, 3.05) is 27.3 Å². The molecule has 2 unspecified atom stereocenters. The molecule has 2 aliphatic heterocycles. The van der Waals surface area contributed by atoms with Crippen LogP contribution in [0.5, 0.6) is 11.5 Å². The van der Waals surface area contributed by atoms with Gasteiger partial charge >= 0.3 is 0 Å². The van der Waals surface area contributed by atoms with Gasteiger partial charge in [0, 0.05) is 83.5 Å². The van der Waals surface area contributed by atoms with Crippen LogP contribution < -0.4 is 30.7 Å². The molecule has 8 rings (SSSR count). The number of hydrogen-bond acceptors (Lipinski definition) is 6. The van der Waals surface area contributed by atoms with Gasteiger partial charge in [0.2, 0.25) is 11.8 Å². The maximum atomic E-state index is 11.7. The molecule has 4 N–H and O–H groups in total. The van der Waals surface area contributed by atoms with Gasteiger partial charge in [0.25, 0.3) is 0 Å². The van der Waals surface area contributed by atoms with Gasteiger partial charge in [-0.2, -0.15) is 0 Å². The smallest absolute Gasteiger partial charge is 0.220 e. The number of benzene rings is 4. The van der Waals surface area contributed by atoms with Crippen LogP contribution in [0.15, 0.2) is 60.7 Å². The minimum atomic E-state index is 0.132. The number of halogens is 2. The van der Waals surface area contributed by atoms with E-state index in [1.54, 1.807) is 14.2 Å². The number of carbonyl (C=O) groups excluding carboxylic acids is 2. The molecule has 52 heavy (non-hydrogen) atoms. The molecule has 4 aliphatic rings. The third-order valence-corrected chi connectivity index (χ3v) is 12.1. The number of nitrogens with one attached hydrogen (secondary N) is 4. The normalized spacial score (nSPS) is 21.9. The molecule has 0 bridgehead atoms. The van der Waals surface area contributed by atoms with E-state index in [9.17, 15) is 9.59 Å². The summed E-state index contributed by atoms with van der Waals surface area (Å²) < 4.78 is 11.9. The van der Waals surface area contributed by atoms with E-state index < -0.39 is 0 Å². The van der Waals surface area contributed by atoms with E-state index in [0.29, 0.717) is 22.9 Å². The van der Waals surface area contributed by atoms with Crippen LogP contribution in [0.1, 0.15) is 72.9 Å². The molecule has 2 saturated heterocycles. The zero-order chi connectivity index (χ0) is 35.9. The van der Waals surface area contributed by atoms with E-state index in [-0.39, 0.29) is 36.0 Å². The lowest BCUT2D eigenvalue weighted by Gasteiger charge is -2.21. The van der Waals surface area contributed by atoms with E-state index in [4.69, 9.17) is 32.7 Å². The van der Waals surface area contributed by atoms with Crippen molar-refractivity contribution in [3.05, 3.63) is 93.0 Å². The number of rotatable bonds is 11. The lowest BCUT2D eigenvalue weighted by molar-refractivity contribution is -0.120. The molecule has 0 saturated carbocycles. The summed E-state index contributed by atoms with van der Waals surface area (Å²) in [6.45, 7) is 1.49. The Morgan fingerprint density at radius 2 is 1.04 bits per heavy atom. The Labute approximate surface area is 315 Å². The monoisotopic (exact) mass is 738 g/mol. The van der Waals surface area contributed by atoms with Crippen molar-refractivity contribution < 1.29 is 19.1 Å². The zero-order valence-corrected chi connectivity index (χ0v) is 31.1. The fourth-order valence-electron chi connectivity index (χ4n) is 8.67. The first-order valence-electron chi connectivity index (χ1n) is 18.4. The number of amides is 2. The van der Waals surface area contributed by atoms with Crippen LogP contribution in [0.2, 0.25) is 10.0 Å². The highest BCUT2D eigenvalue weighted by Crippen LogP contribution is 2.47. The molecular formula is C42H44Cl2N4O4. The summed E-state index contributed by atoms with van der Waals surface area (Å²) in [5, 5.41) is 14.7. The van der Waals surface area contributed by atoms with Crippen LogP contribution in [-0.2, 0) is 22.4 Å². The summed E-state index contributed by atoms with van der Waals surface area (Å²) in [5.74, 6) is 1.94. The molecule has 10 heteroatoms. The molecule has 8 nitrogen and oxygen atoms in total. The molecular weight excluding hydrogens is 695 g/mol. The van der Waals surface area contributed by atoms with Crippen LogP contribution in [0.3, 0.4) is 0 Å². The molecule has 270 valence electrons. The Balaban J connectivity index is 1.07. The van der Waals surface area contributed by atoms with Crippen LogP contribution in [0.4, 0.5) is 0 Å². The first kappa shape index (κ1) is 35.0. The summed E-state index contributed by atoms with van der Waals surface area (Å²) >= 11 is 14.6. The molecule has 0 aromatic heterocycles. The second-order valence-electron chi connectivity index (χ2n) is 14.4. The quantitative estimate of drug-likeness (QED) is 0.126. The van der Waals surface area contributed by atoms with Gasteiger partial charge in [0.15, 0.2) is 0 Å². The van der Waals surface area contributed by atoms with Crippen molar-refractivity contribution in [3.8, 4) is 44.9 Å². The number of ether oxygens (including phenoxy) is 2. The molecule has 0 radical (unpaired) electrons. The van der Waals surface area contributed by atoms with Crippen LogP contribution in [0.25, 0.3) is 33.4 Å². The highest BCUT2D eigenvalue weighted by molar-refractivity contribution is 6.39. The summed E-state index contributed by atoms with van der Waals surface area (Å²) in [6.07, 6.45) is 6.73. The van der Waals surface area contributed by atoms with E-state index in [1.165, 1.54) is 22.3 Å². The van der Waals surface area contributed by atoms with Crippen molar-refractivity contribution >= 4 is 35.0 Å². The molecule has 4 atom stereocenters. The van der Waals surface area contributed by atoms with Gasteiger partial charge in [0.05, 0.1) is 24.3 Å².